The van der Waals surface area contributed by atoms with Gasteiger partial charge in [-0.05, 0) is 66.8 Å². The molecule has 0 saturated carbocycles. The van der Waals surface area contributed by atoms with Crippen molar-refractivity contribution in [3.8, 4) is 0 Å². The van der Waals surface area contributed by atoms with Gasteiger partial charge in [0.05, 0.1) is 23.9 Å². The lowest BCUT2D eigenvalue weighted by Crippen LogP contribution is -2.45. The van der Waals surface area contributed by atoms with Crippen molar-refractivity contribution in [3.05, 3.63) is 52.0 Å². The number of amides is 2. The highest BCUT2D eigenvalue weighted by Gasteiger charge is 2.30. The number of rotatable bonds is 4. The van der Waals surface area contributed by atoms with Crippen LogP contribution in [-0.4, -0.2) is 42.8 Å². The summed E-state index contributed by atoms with van der Waals surface area (Å²) in [7, 11) is 0. The number of anilines is 1. The van der Waals surface area contributed by atoms with Gasteiger partial charge in [0.2, 0.25) is 0 Å². The summed E-state index contributed by atoms with van der Waals surface area (Å²) in [4.78, 5) is 16.6. The van der Waals surface area contributed by atoms with E-state index >= 15 is 0 Å². The molecular formula is C22H28FN3O2S. The predicted molar refractivity (Wildman–Crippen MR) is 114 cm³/mol. The molecule has 1 aromatic carbocycles. The third kappa shape index (κ3) is 4.56. The van der Waals surface area contributed by atoms with E-state index in [2.05, 4.69) is 16.8 Å². The standard InChI is InChI=1S/C22H28FN3O2S/c1-15-12-25(13-16(2)28-15)21-6-5-17(10-19(21)23)11-24-22(27)26-8-3-4-20(26)18-7-9-29-14-18/h5-7,9-10,14-16,20H,3-4,8,11-13H2,1-2H3,(H,24,27). The van der Waals surface area contributed by atoms with Gasteiger partial charge in [0.1, 0.15) is 5.82 Å². The number of nitrogens with zero attached hydrogens (tertiary/aromatic N) is 2. The molecule has 1 N–H and O–H groups in total. The van der Waals surface area contributed by atoms with Gasteiger partial charge in [-0.15, -0.1) is 0 Å². The third-order valence-corrected chi connectivity index (χ3v) is 6.36. The number of hydrogen-bond donors (Lipinski definition) is 1. The number of morpholine rings is 1. The molecule has 4 rings (SSSR count). The first kappa shape index (κ1) is 20.2. The Morgan fingerprint density at radius 3 is 2.76 bits per heavy atom. The van der Waals surface area contributed by atoms with Gasteiger partial charge in [-0.25, -0.2) is 9.18 Å². The van der Waals surface area contributed by atoms with Crippen LogP contribution >= 0.6 is 11.3 Å². The van der Waals surface area contributed by atoms with Crippen molar-refractivity contribution in [2.75, 3.05) is 24.5 Å². The van der Waals surface area contributed by atoms with Crippen LogP contribution in [0.1, 0.15) is 43.9 Å². The van der Waals surface area contributed by atoms with Gasteiger partial charge in [-0.3, -0.25) is 0 Å². The van der Waals surface area contributed by atoms with Crippen LogP contribution in [0.3, 0.4) is 0 Å². The van der Waals surface area contributed by atoms with E-state index in [1.165, 1.54) is 11.6 Å². The summed E-state index contributed by atoms with van der Waals surface area (Å²) < 4.78 is 20.5. The number of urea groups is 1. The molecule has 2 aliphatic heterocycles. The molecule has 5 nitrogen and oxygen atoms in total. The topological polar surface area (TPSA) is 44.8 Å². The molecule has 0 radical (unpaired) electrons. The van der Waals surface area contributed by atoms with Crippen LogP contribution in [0.15, 0.2) is 35.0 Å². The van der Waals surface area contributed by atoms with Crippen molar-refractivity contribution in [1.82, 2.24) is 10.2 Å². The lowest BCUT2D eigenvalue weighted by Gasteiger charge is -2.37. The van der Waals surface area contributed by atoms with E-state index in [1.807, 2.05) is 41.2 Å². The third-order valence-electron chi connectivity index (χ3n) is 5.66. The van der Waals surface area contributed by atoms with Crippen LogP contribution < -0.4 is 10.2 Å². The van der Waals surface area contributed by atoms with Crippen molar-refractivity contribution in [2.45, 2.75) is 51.5 Å². The first-order chi connectivity index (χ1) is 14.0. The van der Waals surface area contributed by atoms with Gasteiger partial charge < -0.3 is 19.9 Å². The van der Waals surface area contributed by atoms with E-state index in [1.54, 1.807) is 11.3 Å². The molecule has 0 aliphatic carbocycles. The second-order valence-corrected chi connectivity index (χ2v) is 8.79. The number of carbonyl (C=O) groups excluding carboxylic acids is 1. The zero-order valence-corrected chi connectivity index (χ0v) is 17.8. The molecule has 2 amide bonds. The largest absolute Gasteiger partial charge is 0.372 e. The van der Waals surface area contributed by atoms with E-state index in [4.69, 9.17) is 4.74 Å². The molecule has 2 aromatic rings. The molecule has 2 aliphatic rings. The van der Waals surface area contributed by atoms with Crippen LogP contribution in [-0.2, 0) is 11.3 Å². The highest BCUT2D eigenvalue weighted by Crippen LogP contribution is 2.33. The Hall–Kier alpha value is -2.12. The van der Waals surface area contributed by atoms with Crippen LogP contribution in [0.4, 0.5) is 14.9 Å². The van der Waals surface area contributed by atoms with Gasteiger partial charge in [0.15, 0.2) is 0 Å². The first-order valence-corrected chi connectivity index (χ1v) is 11.2. The Morgan fingerprint density at radius 1 is 1.28 bits per heavy atom. The van der Waals surface area contributed by atoms with E-state index in [0.29, 0.717) is 25.3 Å². The van der Waals surface area contributed by atoms with Gasteiger partial charge in [0.25, 0.3) is 0 Å². The smallest absolute Gasteiger partial charge is 0.318 e. The minimum Gasteiger partial charge on any atom is -0.372 e. The van der Waals surface area contributed by atoms with Crippen LogP contribution in [0.25, 0.3) is 0 Å². The molecule has 3 heterocycles. The lowest BCUT2D eigenvalue weighted by atomic mass is 10.1. The summed E-state index contributed by atoms with van der Waals surface area (Å²) in [6.45, 7) is 6.44. The molecule has 0 spiro atoms. The molecule has 29 heavy (non-hydrogen) atoms. The Bertz CT molecular complexity index is 835. The minimum atomic E-state index is -0.254. The summed E-state index contributed by atoms with van der Waals surface area (Å²) in [5.74, 6) is -0.254. The molecule has 0 bridgehead atoms. The van der Waals surface area contributed by atoms with Crippen molar-refractivity contribution in [2.24, 2.45) is 0 Å². The second kappa shape index (κ2) is 8.71. The number of likely N-dealkylation sites (tertiary alicyclic amines) is 1. The van der Waals surface area contributed by atoms with E-state index in [0.717, 1.165) is 24.9 Å². The molecule has 7 heteroatoms. The summed E-state index contributed by atoms with van der Waals surface area (Å²) in [5, 5.41) is 7.12. The van der Waals surface area contributed by atoms with E-state index in [9.17, 15) is 9.18 Å². The summed E-state index contributed by atoms with van der Waals surface area (Å²) in [6, 6.07) is 7.38. The number of nitrogens with one attached hydrogen (secondary N) is 1. The summed E-state index contributed by atoms with van der Waals surface area (Å²) in [6.07, 6.45) is 2.15. The van der Waals surface area contributed by atoms with Crippen LogP contribution in [0, 0.1) is 5.82 Å². The first-order valence-electron chi connectivity index (χ1n) is 10.3. The van der Waals surface area contributed by atoms with Gasteiger partial charge in [-0.1, -0.05) is 6.07 Å². The van der Waals surface area contributed by atoms with Crippen molar-refractivity contribution in [3.63, 3.8) is 0 Å². The molecule has 156 valence electrons. The monoisotopic (exact) mass is 417 g/mol. The van der Waals surface area contributed by atoms with Gasteiger partial charge in [-0.2, -0.15) is 11.3 Å². The average molecular weight is 418 g/mol. The molecule has 2 saturated heterocycles. The number of carbonyl (C=O) groups is 1. The zero-order chi connectivity index (χ0) is 20.4. The van der Waals surface area contributed by atoms with E-state index in [-0.39, 0.29) is 30.1 Å². The minimum absolute atomic E-state index is 0.0775. The molecule has 3 unspecified atom stereocenters. The fourth-order valence-corrected chi connectivity index (χ4v) is 5.10. The summed E-state index contributed by atoms with van der Waals surface area (Å²) >= 11 is 1.65. The van der Waals surface area contributed by atoms with Crippen molar-refractivity contribution >= 4 is 23.1 Å². The van der Waals surface area contributed by atoms with Crippen molar-refractivity contribution < 1.29 is 13.9 Å². The maximum Gasteiger partial charge on any atom is 0.318 e. The Kier molecular flexibility index (Phi) is 6.06. The fourth-order valence-electron chi connectivity index (χ4n) is 4.39. The Labute approximate surface area is 175 Å². The second-order valence-electron chi connectivity index (χ2n) is 8.01. The Balaban J connectivity index is 1.37. The SMILES string of the molecule is CC1CN(c2ccc(CNC(=O)N3CCCC3c3ccsc3)cc2F)CC(C)O1. The average Bonchev–Trinajstić information content (AvgIpc) is 3.36. The molecular weight excluding hydrogens is 389 g/mol. The highest BCUT2D eigenvalue weighted by molar-refractivity contribution is 7.08. The molecule has 3 atom stereocenters. The predicted octanol–water partition coefficient (Wildman–Crippen LogP) is 4.55. The number of halogens is 1. The summed E-state index contributed by atoms with van der Waals surface area (Å²) in [5.41, 5.74) is 2.56. The van der Waals surface area contributed by atoms with E-state index < -0.39 is 0 Å². The maximum absolute atomic E-state index is 14.8. The Morgan fingerprint density at radius 2 is 2.07 bits per heavy atom. The van der Waals surface area contributed by atoms with Crippen LogP contribution in [0.2, 0.25) is 0 Å². The molecule has 1 aromatic heterocycles. The number of ether oxygens (including phenoxy) is 1. The van der Waals surface area contributed by atoms with Crippen LogP contribution in [0.5, 0.6) is 0 Å². The van der Waals surface area contributed by atoms with Gasteiger partial charge >= 0.3 is 6.03 Å². The number of thiophene rings is 1. The number of benzene rings is 1. The normalized spacial score (nSPS) is 24.7. The zero-order valence-electron chi connectivity index (χ0n) is 16.9. The van der Waals surface area contributed by atoms with Crippen molar-refractivity contribution in [1.29, 1.82) is 0 Å². The maximum atomic E-state index is 14.8. The molecule has 2 fully saturated rings. The lowest BCUT2D eigenvalue weighted by molar-refractivity contribution is -0.00539. The number of hydrogen-bond acceptors (Lipinski definition) is 4. The fraction of sp³-hybridized carbons (Fsp3) is 0.500. The quantitative estimate of drug-likeness (QED) is 0.794. The highest BCUT2D eigenvalue weighted by atomic mass is 32.1. The van der Waals surface area contributed by atoms with Gasteiger partial charge in [0, 0.05) is 26.2 Å².